The maximum Gasteiger partial charge on any atom is 0.0625 e. The molecule has 0 aliphatic heterocycles. The van der Waals surface area contributed by atoms with E-state index in [0.717, 1.165) is 39.5 Å². The summed E-state index contributed by atoms with van der Waals surface area (Å²) in [5.41, 5.74) is 17.2. The number of H-pyrrole nitrogens is 1. The zero-order valence-corrected chi connectivity index (χ0v) is 26.8. The monoisotopic (exact) mass is 625 g/mol. The highest BCUT2D eigenvalue weighted by atomic mass is 15.0. The van der Waals surface area contributed by atoms with Gasteiger partial charge in [0, 0.05) is 61.0 Å². The van der Waals surface area contributed by atoms with Crippen LogP contribution in [0.3, 0.4) is 0 Å². The molecule has 0 bridgehead atoms. The largest absolute Gasteiger partial charge is 0.354 e. The lowest BCUT2D eigenvalue weighted by Gasteiger charge is -2.21. The van der Waals surface area contributed by atoms with Crippen molar-refractivity contribution in [3.05, 3.63) is 170 Å². The molecule has 0 amide bonds. The molecule has 1 N–H and O–H groups in total. The second kappa shape index (κ2) is 10.5. The number of para-hydroxylation sites is 3. The van der Waals surface area contributed by atoms with Gasteiger partial charge in [0.1, 0.15) is 0 Å². The SMILES string of the molecule is C=Cc1[nH]c2c(c1C=C)-c1ccccc1-c1c(c3ccccc3n1-c1ccc3c(c1)c1ccccc1n3-c1ccccc1)-c1ccccc1-2. The minimum Gasteiger partial charge on any atom is -0.354 e. The van der Waals surface area contributed by atoms with Crippen molar-refractivity contribution in [3.63, 3.8) is 0 Å². The Morgan fingerprint density at radius 3 is 1.78 bits per heavy atom. The average Bonchev–Trinajstić information content (AvgIpc) is 3.82. The molecule has 0 atom stereocenters. The highest BCUT2D eigenvalue weighted by Crippen LogP contribution is 2.53. The highest BCUT2D eigenvalue weighted by molar-refractivity contribution is 6.14. The number of nitrogens with zero attached hydrogens (tertiary/aromatic N) is 2. The fraction of sp³-hybridized carbons (Fsp3) is 0. The minimum atomic E-state index is 0.976. The lowest BCUT2D eigenvalue weighted by molar-refractivity contribution is 1.13. The number of hydrogen-bond donors (Lipinski definition) is 1. The molecule has 0 fully saturated rings. The molecule has 49 heavy (non-hydrogen) atoms. The Morgan fingerprint density at radius 2 is 1.04 bits per heavy atom. The zero-order valence-electron chi connectivity index (χ0n) is 26.8. The molecule has 0 saturated heterocycles. The Labute approximate surface area is 284 Å². The Balaban J connectivity index is 1.36. The molecule has 1 aliphatic carbocycles. The van der Waals surface area contributed by atoms with Crippen LogP contribution in [-0.4, -0.2) is 14.1 Å². The van der Waals surface area contributed by atoms with E-state index < -0.39 is 0 Å². The van der Waals surface area contributed by atoms with Crippen LogP contribution in [0, 0.1) is 0 Å². The number of aromatic amines is 1. The van der Waals surface area contributed by atoms with Crippen molar-refractivity contribution in [3.8, 4) is 56.1 Å². The summed E-state index contributed by atoms with van der Waals surface area (Å²) in [5.74, 6) is 0. The Kier molecular flexibility index (Phi) is 5.88. The molecule has 0 unspecified atom stereocenters. The first-order valence-corrected chi connectivity index (χ1v) is 16.7. The van der Waals surface area contributed by atoms with Gasteiger partial charge in [0.25, 0.3) is 0 Å². The van der Waals surface area contributed by atoms with Crippen molar-refractivity contribution < 1.29 is 0 Å². The van der Waals surface area contributed by atoms with E-state index in [1.54, 1.807) is 0 Å². The number of nitrogens with one attached hydrogen (secondary N) is 1. The summed E-state index contributed by atoms with van der Waals surface area (Å²) in [6.07, 6.45) is 3.86. The van der Waals surface area contributed by atoms with Crippen LogP contribution < -0.4 is 0 Å². The van der Waals surface area contributed by atoms with E-state index in [0.29, 0.717) is 0 Å². The zero-order chi connectivity index (χ0) is 32.6. The topological polar surface area (TPSA) is 25.6 Å². The van der Waals surface area contributed by atoms with Gasteiger partial charge in [0.05, 0.1) is 27.9 Å². The van der Waals surface area contributed by atoms with Gasteiger partial charge in [-0.3, -0.25) is 0 Å². The van der Waals surface area contributed by atoms with Crippen molar-refractivity contribution in [2.75, 3.05) is 0 Å². The third-order valence-corrected chi connectivity index (χ3v) is 10.2. The van der Waals surface area contributed by atoms with Gasteiger partial charge in [0.15, 0.2) is 0 Å². The van der Waals surface area contributed by atoms with Crippen molar-refractivity contribution in [1.29, 1.82) is 0 Å². The Morgan fingerprint density at radius 1 is 0.449 bits per heavy atom. The first kappa shape index (κ1) is 27.5. The molecule has 230 valence electrons. The lowest BCUT2D eigenvalue weighted by Crippen LogP contribution is -2.01. The van der Waals surface area contributed by atoms with Crippen molar-refractivity contribution in [2.24, 2.45) is 0 Å². The fourth-order valence-electron chi connectivity index (χ4n) is 8.21. The highest BCUT2D eigenvalue weighted by Gasteiger charge is 2.30. The molecule has 0 saturated carbocycles. The van der Waals surface area contributed by atoms with Gasteiger partial charge in [0.2, 0.25) is 0 Å². The van der Waals surface area contributed by atoms with Crippen LogP contribution in [0.5, 0.6) is 0 Å². The van der Waals surface area contributed by atoms with Crippen LogP contribution in [0.4, 0.5) is 0 Å². The van der Waals surface area contributed by atoms with Crippen molar-refractivity contribution in [2.45, 2.75) is 0 Å². The van der Waals surface area contributed by atoms with Gasteiger partial charge >= 0.3 is 0 Å². The predicted octanol–water partition coefficient (Wildman–Crippen LogP) is 12.3. The summed E-state index contributed by atoms with van der Waals surface area (Å²) in [5, 5.41) is 3.67. The van der Waals surface area contributed by atoms with Crippen molar-refractivity contribution >= 4 is 44.9 Å². The van der Waals surface area contributed by atoms with E-state index in [-0.39, 0.29) is 0 Å². The third-order valence-electron chi connectivity index (χ3n) is 10.2. The van der Waals surface area contributed by atoms with Crippen LogP contribution >= 0.6 is 0 Å². The number of aromatic nitrogens is 3. The molecule has 1 aliphatic rings. The lowest BCUT2D eigenvalue weighted by atomic mass is 9.84. The second-order valence-corrected chi connectivity index (χ2v) is 12.7. The molecule has 0 radical (unpaired) electrons. The molecule has 3 aromatic heterocycles. The van der Waals surface area contributed by atoms with E-state index in [4.69, 9.17) is 0 Å². The molecule has 3 nitrogen and oxygen atoms in total. The number of fused-ring (bicyclic) bond motifs is 13. The molecule has 0 spiro atoms. The Bertz CT molecular complexity index is 2800. The van der Waals surface area contributed by atoms with Crippen LogP contribution in [0.15, 0.2) is 159 Å². The van der Waals surface area contributed by atoms with Crippen LogP contribution in [-0.2, 0) is 0 Å². The van der Waals surface area contributed by atoms with E-state index in [1.165, 1.54) is 60.7 Å². The molecule has 3 heteroatoms. The number of benzene rings is 6. The van der Waals surface area contributed by atoms with Crippen LogP contribution in [0.2, 0.25) is 0 Å². The molecular weight excluding hydrogens is 595 g/mol. The molecule has 6 aromatic carbocycles. The predicted molar refractivity (Wildman–Crippen MR) is 207 cm³/mol. The number of rotatable bonds is 4. The quantitative estimate of drug-likeness (QED) is 0.201. The van der Waals surface area contributed by atoms with Crippen LogP contribution in [0.1, 0.15) is 11.3 Å². The minimum absolute atomic E-state index is 0.976. The van der Waals surface area contributed by atoms with E-state index >= 15 is 0 Å². The summed E-state index contributed by atoms with van der Waals surface area (Å²) < 4.78 is 4.86. The summed E-state index contributed by atoms with van der Waals surface area (Å²) in [6, 6.07) is 52.8. The summed E-state index contributed by atoms with van der Waals surface area (Å²) in [7, 11) is 0. The van der Waals surface area contributed by atoms with Gasteiger partial charge in [-0.1, -0.05) is 122 Å². The first-order chi connectivity index (χ1) is 24.3. The molecule has 3 heterocycles. The van der Waals surface area contributed by atoms with E-state index in [2.05, 4.69) is 173 Å². The Hall–Kier alpha value is -6.58. The standard InChI is InChI=1S/C46H31N3/c1-3-31-39(4-2)47-45-35-21-10-8-19-33(35)44-37-23-13-15-25-41(37)49(46(44)36-22-11-9-20-34(36)43(31)45)30-26-27-42-38(28-30)32-18-12-14-24-40(32)48(42)29-16-6-5-7-17-29/h3-28,47H,1-2H2. The average molecular weight is 626 g/mol. The summed E-state index contributed by atoms with van der Waals surface area (Å²) in [4.78, 5) is 3.74. The van der Waals surface area contributed by atoms with Crippen molar-refractivity contribution in [1.82, 2.24) is 14.1 Å². The van der Waals surface area contributed by atoms with E-state index in [9.17, 15) is 0 Å². The molecular formula is C46H31N3. The molecule has 9 aromatic rings. The van der Waals surface area contributed by atoms with Gasteiger partial charge in [-0.15, -0.1) is 0 Å². The maximum absolute atomic E-state index is 4.25. The maximum atomic E-state index is 4.25. The van der Waals surface area contributed by atoms with Crippen LogP contribution in [0.25, 0.3) is 101 Å². The van der Waals surface area contributed by atoms with Gasteiger partial charge in [-0.2, -0.15) is 0 Å². The number of hydrogen-bond acceptors (Lipinski definition) is 0. The van der Waals surface area contributed by atoms with Gasteiger partial charge in [-0.25, -0.2) is 0 Å². The van der Waals surface area contributed by atoms with Gasteiger partial charge < -0.3 is 14.1 Å². The normalized spacial score (nSPS) is 11.8. The third kappa shape index (κ3) is 3.78. The summed E-state index contributed by atoms with van der Waals surface area (Å²) >= 11 is 0. The first-order valence-electron chi connectivity index (χ1n) is 16.7. The smallest absolute Gasteiger partial charge is 0.0625 e. The second-order valence-electron chi connectivity index (χ2n) is 12.7. The van der Waals surface area contributed by atoms with Gasteiger partial charge in [-0.05, 0) is 59.7 Å². The van der Waals surface area contributed by atoms with E-state index in [1.807, 2.05) is 12.2 Å². The summed E-state index contributed by atoms with van der Waals surface area (Å²) in [6.45, 7) is 8.40. The molecule has 10 rings (SSSR count). The fourth-order valence-corrected chi connectivity index (χ4v) is 8.21.